The Labute approximate surface area is 96.4 Å². The number of hydrogen-bond donors (Lipinski definition) is 2. The van der Waals surface area contributed by atoms with Gasteiger partial charge in [0.05, 0.1) is 5.41 Å². The van der Waals surface area contributed by atoms with Crippen molar-refractivity contribution in [1.82, 2.24) is 0 Å². The van der Waals surface area contributed by atoms with Crippen molar-refractivity contribution in [3.63, 3.8) is 0 Å². The topological polar surface area (TPSA) is 63.3 Å². The highest BCUT2D eigenvalue weighted by Crippen LogP contribution is 2.43. The van der Waals surface area contributed by atoms with Gasteiger partial charge in [-0.05, 0) is 30.5 Å². The van der Waals surface area contributed by atoms with Crippen LogP contribution in [0.2, 0.25) is 0 Å². The first-order chi connectivity index (χ1) is 7.04. The van der Waals surface area contributed by atoms with E-state index in [1.807, 2.05) is 24.3 Å². The minimum Gasteiger partial charge on any atom is -0.481 e. The lowest BCUT2D eigenvalue weighted by molar-refractivity contribution is -0.148. The van der Waals surface area contributed by atoms with Gasteiger partial charge in [-0.1, -0.05) is 28.1 Å². The molecule has 0 spiro atoms. The minimum absolute atomic E-state index is 0.0140. The van der Waals surface area contributed by atoms with Crippen molar-refractivity contribution in [2.24, 2.45) is 5.73 Å². The van der Waals surface area contributed by atoms with E-state index < -0.39 is 11.4 Å². The first-order valence-electron chi connectivity index (χ1n) is 4.80. The van der Waals surface area contributed by atoms with Gasteiger partial charge in [0.25, 0.3) is 0 Å². The number of benzene rings is 1. The number of nitrogens with two attached hydrogens (primary N) is 1. The first-order valence-corrected chi connectivity index (χ1v) is 5.59. The standard InChI is InChI=1S/C11H12BrNO2/c12-8-3-1-2-7(4-8)11(10(14)15)5-9(13)6-11/h1-4,9H,5-6,13H2,(H,14,15). The van der Waals surface area contributed by atoms with Crippen molar-refractivity contribution in [1.29, 1.82) is 0 Å². The lowest BCUT2D eigenvalue weighted by Crippen LogP contribution is -2.54. The zero-order valence-electron chi connectivity index (χ0n) is 8.11. The molecule has 0 amide bonds. The Balaban J connectivity index is 2.39. The molecule has 0 saturated heterocycles. The molecule has 1 saturated carbocycles. The van der Waals surface area contributed by atoms with E-state index in [0.717, 1.165) is 10.0 Å². The van der Waals surface area contributed by atoms with Crippen molar-refractivity contribution in [3.05, 3.63) is 34.3 Å². The molecule has 15 heavy (non-hydrogen) atoms. The molecular formula is C11H12BrNO2. The van der Waals surface area contributed by atoms with E-state index in [2.05, 4.69) is 15.9 Å². The third kappa shape index (κ3) is 1.68. The number of rotatable bonds is 2. The molecule has 2 rings (SSSR count). The van der Waals surface area contributed by atoms with E-state index in [0.29, 0.717) is 12.8 Å². The lowest BCUT2D eigenvalue weighted by atomic mass is 9.62. The molecule has 1 aliphatic rings. The van der Waals surface area contributed by atoms with Gasteiger partial charge in [0.1, 0.15) is 0 Å². The zero-order valence-corrected chi connectivity index (χ0v) is 9.70. The van der Waals surface area contributed by atoms with Crippen molar-refractivity contribution in [3.8, 4) is 0 Å². The van der Waals surface area contributed by atoms with Gasteiger partial charge in [0, 0.05) is 10.5 Å². The van der Waals surface area contributed by atoms with Crippen LogP contribution in [0.3, 0.4) is 0 Å². The molecule has 80 valence electrons. The minimum atomic E-state index is -0.776. The van der Waals surface area contributed by atoms with Crippen molar-refractivity contribution < 1.29 is 9.90 Å². The summed E-state index contributed by atoms with van der Waals surface area (Å²) in [5, 5.41) is 9.27. The average molecular weight is 270 g/mol. The molecule has 0 heterocycles. The van der Waals surface area contributed by atoms with Gasteiger partial charge in [-0.3, -0.25) is 4.79 Å². The largest absolute Gasteiger partial charge is 0.481 e. The maximum atomic E-state index is 11.3. The summed E-state index contributed by atoms with van der Waals surface area (Å²) in [6.45, 7) is 0. The van der Waals surface area contributed by atoms with E-state index in [1.54, 1.807) is 0 Å². The second kappa shape index (κ2) is 3.61. The SMILES string of the molecule is NC1CC(C(=O)O)(c2cccc(Br)c2)C1. The van der Waals surface area contributed by atoms with Crippen molar-refractivity contribution in [2.75, 3.05) is 0 Å². The monoisotopic (exact) mass is 269 g/mol. The summed E-state index contributed by atoms with van der Waals surface area (Å²) in [7, 11) is 0. The fourth-order valence-electron chi connectivity index (χ4n) is 2.16. The van der Waals surface area contributed by atoms with E-state index >= 15 is 0 Å². The third-order valence-electron chi connectivity index (χ3n) is 3.01. The number of carboxylic acid groups (broad SMARTS) is 1. The summed E-state index contributed by atoms with van der Waals surface area (Å²) in [5.74, 6) is -0.776. The van der Waals surface area contributed by atoms with Gasteiger partial charge < -0.3 is 10.8 Å². The van der Waals surface area contributed by atoms with Crippen LogP contribution >= 0.6 is 15.9 Å². The Kier molecular flexibility index (Phi) is 2.56. The van der Waals surface area contributed by atoms with Crippen LogP contribution in [0.4, 0.5) is 0 Å². The van der Waals surface area contributed by atoms with E-state index in [9.17, 15) is 9.90 Å². The highest BCUT2D eigenvalue weighted by molar-refractivity contribution is 9.10. The fraction of sp³-hybridized carbons (Fsp3) is 0.364. The van der Waals surface area contributed by atoms with Crippen LogP contribution in [-0.2, 0) is 10.2 Å². The molecule has 1 fully saturated rings. The maximum absolute atomic E-state index is 11.3. The zero-order chi connectivity index (χ0) is 11.1. The number of aliphatic carboxylic acids is 1. The lowest BCUT2D eigenvalue weighted by Gasteiger charge is -2.43. The summed E-state index contributed by atoms with van der Waals surface area (Å²) in [4.78, 5) is 11.3. The van der Waals surface area contributed by atoms with Crippen LogP contribution in [0.25, 0.3) is 0 Å². The summed E-state index contributed by atoms with van der Waals surface area (Å²) >= 11 is 3.35. The van der Waals surface area contributed by atoms with Gasteiger partial charge in [0.15, 0.2) is 0 Å². The molecule has 0 aliphatic heterocycles. The second-order valence-corrected chi connectivity index (χ2v) is 4.98. The number of halogens is 1. The van der Waals surface area contributed by atoms with Gasteiger partial charge in [-0.15, -0.1) is 0 Å². The van der Waals surface area contributed by atoms with Gasteiger partial charge in [0.2, 0.25) is 0 Å². The predicted molar refractivity (Wildman–Crippen MR) is 60.7 cm³/mol. The Morgan fingerprint density at radius 2 is 2.20 bits per heavy atom. The van der Waals surface area contributed by atoms with Crippen LogP contribution in [-0.4, -0.2) is 17.1 Å². The summed E-state index contributed by atoms with van der Waals surface area (Å²) in [6, 6.07) is 7.47. The highest BCUT2D eigenvalue weighted by Gasteiger charge is 2.50. The Bertz CT molecular complexity index is 399. The molecule has 3 nitrogen and oxygen atoms in total. The molecule has 4 heteroatoms. The molecule has 3 N–H and O–H groups in total. The Hall–Kier alpha value is -0.870. The van der Waals surface area contributed by atoms with Crippen molar-refractivity contribution >= 4 is 21.9 Å². The molecule has 0 unspecified atom stereocenters. The molecule has 0 radical (unpaired) electrons. The molecule has 1 aliphatic carbocycles. The van der Waals surface area contributed by atoms with Crippen molar-refractivity contribution in [2.45, 2.75) is 24.3 Å². The van der Waals surface area contributed by atoms with Gasteiger partial charge in [-0.25, -0.2) is 0 Å². The van der Waals surface area contributed by atoms with E-state index in [-0.39, 0.29) is 6.04 Å². The number of carboxylic acids is 1. The molecular weight excluding hydrogens is 258 g/mol. The van der Waals surface area contributed by atoms with Gasteiger partial charge in [-0.2, -0.15) is 0 Å². The van der Waals surface area contributed by atoms with Gasteiger partial charge >= 0.3 is 5.97 Å². The third-order valence-corrected chi connectivity index (χ3v) is 3.50. The van der Waals surface area contributed by atoms with Crippen LogP contribution < -0.4 is 5.73 Å². The summed E-state index contributed by atoms with van der Waals surface area (Å²) < 4.78 is 0.904. The fourth-order valence-corrected chi connectivity index (χ4v) is 2.55. The molecule has 0 bridgehead atoms. The first kappa shape index (κ1) is 10.6. The molecule has 0 atom stereocenters. The second-order valence-electron chi connectivity index (χ2n) is 4.07. The normalized spacial score (nSPS) is 29.6. The van der Waals surface area contributed by atoms with E-state index in [4.69, 9.17) is 5.73 Å². The van der Waals surface area contributed by atoms with Crippen LogP contribution in [0.5, 0.6) is 0 Å². The van der Waals surface area contributed by atoms with Crippen LogP contribution in [0, 0.1) is 0 Å². The average Bonchev–Trinajstić information content (AvgIpc) is 2.12. The Morgan fingerprint density at radius 3 is 2.67 bits per heavy atom. The number of carbonyl (C=O) groups is 1. The Morgan fingerprint density at radius 1 is 1.53 bits per heavy atom. The summed E-state index contributed by atoms with van der Waals surface area (Å²) in [6.07, 6.45) is 1.05. The maximum Gasteiger partial charge on any atom is 0.314 e. The van der Waals surface area contributed by atoms with E-state index in [1.165, 1.54) is 0 Å². The van der Waals surface area contributed by atoms with Crippen LogP contribution in [0.1, 0.15) is 18.4 Å². The predicted octanol–water partition coefficient (Wildman–Crippen LogP) is 1.89. The molecule has 1 aromatic carbocycles. The molecule has 1 aromatic rings. The quantitative estimate of drug-likeness (QED) is 0.862. The summed E-state index contributed by atoms with van der Waals surface area (Å²) in [5.41, 5.74) is 5.77. The molecule has 0 aromatic heterocycles. The van der Waals surface area contributed by atoms with Crippen LogP contribution in [0.15, 0.2) is 28.7 Å². The number of hydrogen-bond acceptors (Lipinski definition) is 2. The smallest absolute Gasteiger partial charge is 0.314 e. The highest BCUT2D eigenvalue weighted by atomic mass is 79.9.